The second-order valence-electron chi connectivity index (χ2n) is 10.1. The molecule has 0 aliphatic carbocycles. The number of hydrogen-bond donors (Lipinski definition) is 5. The van der Waals surface area contributed by atoms with Crippen LogP contribution in [0.2, 0.25) is 0 Å². The first-order chi connectivity index (χ1) is 16.1. The summed E-state index contributed by atoms with van der Waals surface area (Å²) in [5.74, 6) is -0.849. The van der Waals surface area contributed by atoms with Crippen LogP contribution in [-0.4, -0.2) is 65.8 Å². The number of rotatable bonds is 8. The Balaban J connectivity index is 1.75. The van der Waals surface area contributed by atoms with Gasteiger partial charge in [0.1, 0.15) is 5.84 Å². The lowest BCUT2D eigenvalue weighted by molar-refractivity contribution is -0.144. The van der Waals surface area contributed by atoms with Crippen LogP contribution in [0.5, 0.6) is 0 Å². The molecule has 2 amide bonds. The lowest BCUT2D eigenvalue weighted by Gasteiger charge is -2.44. The van der Waals surface area contributed by atoms with Crippen molar-refractivity contribution >= 4 is 23.6 Å². The SMILES string of the molecule is CC(C)(C(=O)N1CCC(CC(=O)O)CC1)C(NC(=O)c1ccc(C(=N)N)cc1)C1CCNCC1. The highest BCUT2D eigenvalue weighted by Crippen LogP contribution is 2.34. The van der Waals surface area contributed by atoms with E-state index in [9.17, 15) is 14.4 Å². The molecule has 2 heterocycles. The second kappa shape index (κ2) is 11.0. The number of likely N-dealkylation sites (tertiary alicyclic amines) is 1. The summed E-state index contributed by atoms with van der Waals surface area (Å²) in [5, 5.41) is 23.1. The quantitative estimate of drug-likeness (QED) is 0.288. The van der Waals surface area contributed by atoms with E-state index in [1.165, 1.54) is 0 Å². The summed E-state index contributed by atoms with van der Waals surface area (Å²) in [6.45, 7) is 6.58. The summed E-state index contributed by atoms with van der Waals surface area (Å²) in [4.78, 5) is 39.7. The third kappa shape index (κ3) is 6.14. The van der Waals surface area contributed by atoms with Crippen LogP contribution in [0, 0.1) is 22.7 Å². The van der Waals surface area contributed by atoms with Crippen LogP contribution in [0.1, 0.15) is 61.9 Å². The van der Waals surface area contributed by atoms with Gasteiger partial charge in [-0.1, -0.05) is 12.1 Å². The average molecular weight is 472 g/mol. The van der Waals surface area contributed by atoms with Gasteiger partial charge in [-0.2, -0.15) is 0 Å². The fourth-order valence-electron chi connectivity index (χ4n) is 5.22. The largest absolute Gasteiger partial charge is 0.481 e. The van der Waals surface area contributed by atoms with Crippen molar-refractivity contribution in [2.75, 3.05) is 26.2 Å². The molecule has 0 saturated carbocycles. The monoisotopic (exact) mass is 471 g/mol. The molecule has 2 saturated heterocycles. The molecule has 0 spiro atoms. The number of nitrogens with one attached hydrogen (secondary N) is 3. The van der Waals surface area contributed by atoms with E-state index in [1.54, 1.807) is 24.3 Å². The van der Waals surface area contributed by atoms with Gasteiger partial charge in [0, 0.05) is 36.7 Å². The normalized spacial score (nSPS) is 18.8. The molecule has 1 unspecified atom stereocenters. The van der Waals surface area contributed by atoms with Gasteiger partial charge in [0.2, 0.25) is 5.91 Å². The number of hydrogen-bond acceptors (Lipinski definition) is 5. The molecule has 9 nitrogen and oxygen atoms in total. The molecule has 186 valence electrons. The number of nitrogens with zero attached hydrogens (tertiary/aromatic N) is 1. The third-order valence-electron chi connectivity index (χ3n) is 7.29. The van der Waals surface area contributed by atoms with Crippen LogP contribution < -0.4 is 16.4 Å². The fraction of sp³-hybridized carbons (Fsp3) is 0.600. The van der Waals surface area contributed by atoms with Crippen molar-refractivity contribution in [1.82, 2.24) is 15.5 Å². The number of nitrogen functional groups attached to an aromatic ring is 1. The Morgan fingerprint density at radius 2 is 1.68 bits per heavy atom. The molecule has 0 radical (unpaired) electrons. The first-order valence-corrected chi connectivity index (χ1v) is 12.1. The summed E-state index contributed by atoms with van der Waals surface area (Å²) in [6, 6.07) is 6.24. The zero-order chi connectivity index (χ0) is 24.9. The van der Waals surface area contributed by atoms with Gasteiger partial charge in [-0.05, 0) is 76.6 Å². The molecule has 1 aromatic carbocycles. The van der Waals surface area contributed by atoms with Crippen LogP contribution in [-0.2, 0) is 9.59 Å². The summed E-state index contributed by atoms with van der Waals surface area (Å²) < 4.78 is 0. The molecule has 6 N–H and O–H groups in total. The maximum absolute atomic E-state index is 13.7. The van der Waals surface area contributed by atoms with Crippen molar-refractivity contribution in [2.45, 2.75) is 52.0 Å². The van der Waals surface area contributed by atoms with Crippen molar-refractivity contribution in [3.8, 4) is 0 Å². The lowest BCUT2D eigenvalue weighted by atomic mass is 9.72. The van der Waals surface area contributed by atoms with E-state index in [4.69, 9.17) is 16.2 Å². The van der Waals surface area contributed by atoms with Crippen LogP contribution in [0.25, 0.3) is 0 Å². The molecule has 9 heteroatoms. The zero-order valence-corrected chi connectivity index (χ0v) is 20.1. The van der Waals surface area contributed by atoms with Crippen LogP contribution >= 0.6 is 0 Å². The highest BCUT2D eigenvalue weighted by Gasteiger charge is 2.45. The minimum absolute atomic E-state index is 0.00275. The maximum atomic E-state index is 13.7. The minimum Gasteiger partial charge on any atom is -0.481 e. The van der Waals surface area contributed by atoms with Gasteiger partial charge < -0.3 is 26.4 Å². The standard InChI is InChI=1S/C25H37N5O4/c1-25(2,24(34)30-13-9-16(10-14-30)15-20(31)32)21(17-7-11-28-12-8-17)29-23(33)19-5-3-18(4-6-19)22(26)27/h3-6,16-17,21,28H,7-15H2,1-2H3,(H3,26,27)(H,29,33)(H,31,32). The topological polar surface area (TPSA) is 149 Å². The van der Waals surface area contributed by atoms with Gasteiger partial charge in [-0.3, -0.25) is 19.8 Å². The van der Waals surface area contributed by atoms with Gasteiger partial charge in [0.25, 0.3) is 5.91 Å². The summed E-state index contributed by atoms with van der Waals surface area (Å²) in [5.41, 5.74) is 5.70. The van der Waals surface area contributed by atoms with Gasteiger partial charge in [0.05, 0.1) is 5.41 Å². The summed E-state index contributed by atoms with van der Waals surface area (Å²) in [7, 11) is 0. The number of piperidine rings is 2. The highest BCUT2D eigenvalue weighted by atomic mass is 16.4. The van der Waals surface area contributed by atoms with E-state index in [-0.39, 0.29) is 41.9 Å². The Morgan fingerprint density at radius 1 is 1.12 bits per heavy atom. The van der Waals surface area contributed by atoms with Crippen molar-refractivity contribution in [3.63, 3.8) is 0 Å². The van der Waals surface area contributed by atoms with E-state index in [0.717, 1.165) is 25.9 Å². The summed E-state index contributed by atoms with van der Waals surface area (Å²) in [6.07, 6.45) is 3.24. The Bertz CT molecular complexity index is 900. The Morgan fingerprint density at radius 3 is 2.21 bits per heavy atom. The number of carboxylic acids is 1. The van der Waals surface area contributed by atoms with Crippen molar-refractivity contribution in [2.24, 2.45) is 23.0 Å². The number of carbonyl (C=O) groups excluding carboxylic acids is 2. The fourth-order valence-corrected chi connectivity index (χ4v) is 5.22. The lowest BCUT2D eigenvalue weighted by Crippen LogP contribution is -2.58. The van der Waals surface area contributed by atoms with E-state index in [2.05, 4.69) is 10.6 Å². The van der Waals surface area contributed by atoms with Crippen molar-refractivity contribution in [3.05, 3.63) is 35.4 Å². The number of aliphatic carboxylic acids is 1. The molecule has 34 heavy (non-hydrogen) atoms. The van der Waals surface area contributed by atoms with E-state index in [1.807, 2.05) is 18.7 Å². The molecular formula is C25H37N5O4. The number of carbonyl (C=O) groups is 3. The summed E-state index contributed by atoms with van der Waals surface area (Å²) >= 11 is 0. The smallest absolute Gasteiger partial charge is 0.303 e. The van der Waals surface area contributed by atoms with Crippen molar-refractivity contribution in [1.29, 1.82) is 5.41 Å². The number of carboxylic acid groups (broad SMARTS) is 1. The number of amides is 2. The molecule has 2 fully saturated rings. The van der Waals surface area contributed by atoms with E-state index in [0.29, 0.717) is 37.1 Å². The van der Waals surface area contributed by atoms with Crippen molar-refractivity contribution < 1.29 is 19.5 Å². The molecule has 2 aliphatic heterocycles. The van der Waals surface area contributed by atoms with Gasteiger partial charge in [-0.15, -0.1) is 0 Å². The predicted octanol–water partition coefficient (Wildman–Crippen LogP) is 1.81. The Kier molecular flexibility index (Phi) is 8.30. The number of nitrogens with two attached hydrogens (primary N) is 1. The number of benzene rings is 1. The average Bonchev–Trinajstić information content (AvgIpc) is 2.82. The maximum Gasteiger partial charge on any atom is 0.303 e. The first kappa shape index (κ1) is 25.7. The zero-order valence-electron chi connectivity index (χ0n) is 20.1. The number of amidine groups is 1. The Labute approximate surface area is 201 Å². The van der Waals surface area contributed by atoms with Crippen LogP contribution in [0.3, 0.4) is 0 Å². The molecule has 1 atom stereocenters. The Hall–Kier alpha value is -2.94. The molecule has 3 rings (SSSR count). The third-order valence-corrected chi connectivity index (χ3v) is 7.29. The molecule has 1 aromatic rings. The second-order valence-corrected chi connectivity index (χ2v) is 10.1. The van der Waals surface area contributed by atoms with E-state index < -0.39 is 11.4 Å². The van der Waals surface area contributed by atoms with Gasteiger partial charge in [-0.25, -0.2) is 0 Å². The molecule has 2 aliphatic rings. The molecular weight excluding hydrogens is 434 g/mol. The van der Waals surface area contributed by atoms with Gasteiger partial charge in [0.15, 0.2) is 0 Å². The minimum atomic E-state index is -0.823. The molecule has 0 bridgehead atoms. The van der Waals surface area contributed by atoms with Crippen LogP contribution in [0.4, 0.5) is 0 Å². The van der Waals surface area contributed by atoms with Gasteiger partial charge >= 0.3 is 5.97 Å². The predicted molar refractivity (Wildman–Crippen MR) is 130 cm³/mol. The highest BCUT2D eigenvalue weighted by molar-refractivity contribution is 5.98. The first-order valence-electron chi connectivity index (χ1n) is 12.1. The molecule has 0 aromatic heterocycles. The van der Waals surface area contributed by atoms with Crippen LogP contribution in [0.15, 0.2) is 24.3 Å². The van der Waals surface area contributed by atoms with E-state index >= 15 is 0 Å².